The Morgan fingerprint density at radius 1 is 1.20 bits per heavy atom. The Bertz CT molecular complexity index is 388. The van der Waals surface area contributed by atoms with Crippen LogP contribution in [0.25, 0.3) is 6.08 Å². The van der Waals surface area contributed by atoms with E-state index in [1.807, 2.05) is 18.2 Å². The van der Waals surface area contributed by atoms with Crippen molar-refractivity contribution in [1.82, 2.24) is 5.32 Å². The van der Waals surface area contributed by atoms with E-state index in [9.17, 15) is 0 Å². The lowest BCUT2D eigenvalue weighted by molar-refractivity contribution is 0.146. The Kier molecular flexibility index (Phi) is 8.76. The van der Waals surface area contributed by atoms with Crippen LogP contribution < -0.4 is 10.1 Å². The average Bonchev–Trinajstić information content (AvgIpc) is 2.44. The van der Waals surface area contributed by atoms with Crippen LogP contribution in [-0.2, 0) is 4.74 Å². The molecule has 0 amide bonds. The first-order chi connectivity index (χ1) is 9.74. The smallest absolute Gasteiger partial charge is 0.126 e. The van der Waals surface area contributed by atoms with Gasteiger partial charge in [0.25, 0.3) is 0 Å². The van der Waals surface area contributed by atoms with Gasteiger partial charge in [0.15, 0.2) is 0 Å². The summed E-state index contributed by atoms with van der Waals surface area (Å²) in [6.45, 7) is 7.72. The van der Waals surface area contributed by atoms with E-state index < -0.39 is 0 Å². The van der Waals surface area contributed by atoms with Crippen LogP contribution in [0.1, 0.15) is 25.8 Å². The Morgan fingerprint density at radius 3 is 2.75 bits per heavy atom. The highest BCUT2D eigenvalue weighted by atomic mass is 16.5. The summed E-state index contributed by atoms with van der Waals surface area (Å²) in [6.07, 6.45) is 5.34. The van der Waals surface area contributed by atoms with Gasteiger partial charge in [-0.25, -0.2) is 0 Å². The van der Waals surface area contributed by atoms with Gasteiger partial charge >= 0.3 is 0 Å². The third-order valence-electron chi connectivity index (χ3n) is 2.80. The van der Waals surface area contributed by atoms with Gasteiger partial charge in [-0.05, 0) is 31.5 Å². The molecule has 0 aromatic heterocycles. The van der Waals surface area contributed by atoms with Gasteiger partial charge in [-0.1, -0.05) is 44.2 Å². The molecule has 0 atom stereocenters. The maximum atomic E-state index is 5.70. The zero-order valence-electron chi connectivity index (χ0n) is 12.9. The molecule has 0 saturated carbocycles. The molecule has 1 N–H and O–H groups in total. The molecule has 0 unspecified atom stereocenters. The van der Waals surface area contributed by atoms with Crippen molar-refractivity contribution < 1.29 is 9.47 Å². The lowest BCUT2D eigenvalue weighted by Crippen LogP contribution is -2.20. The zero-order chi connectivity index (χ0) is 14.6. The summed E-state index contributed by atoms with van der Waals surface area (Å²) in [6, 6.07) is 8.08. The number of rotatable bonds is 10. The van der Waals surface area contributed by atoms with E-state index in [1.54, 1.807) is 7.11 Å². The Morgan fingerprint density at radius 2 is 2.00 bits per heavy atom. The van der Waals surface area contributed by atoms with Crippen LogP contribution in [0, 0.1) is 5.92 Å². The molecule has 0 fully saturated rings. The molecule has 1 rings (SSSR count). The summed E-state index contributed by atoms with van der Waals surface area (Å²) < 4.78 is 10.7. The molecule has 0 spiro atoms. The minimum atomic E-state index is 0.581. The normalized spacial score (nSPS) is 11.4. The molecule has 0 radical (unpaired) electrons. The van der Waals surface area contributed by atoms with Gasteiger partial charge in [0.1, 0.15) is 12.4 Å². The van der Waals surface area contributed by atoms with Crippen molar-refractivity contribution in [3.05, 3.63) is 35.9 Å². The van der Waals surface area contributed by atoms with Gasteiger partial charge in [-0.3, -0.25) is 0 Å². The van der Waals surface area contributed by atoms with Crippen LogP contribution in [0.5, 0.6) is 5.75 Å². The van der Waals surface area contributed by atoms with E-state index in [2.05, 4.69) is 37.4 Å². The molecule has 0 saturated heterocycles. The molecule has 112 valence electrons. The molecular formula is C17H27NO2. The first-order valence-corrected chi connectivity index (χ1v) is 7.32. The number of methoxy groups -OCH3 is 1. The van der Waals surface area contributed by atoms with Crippen LogP contribution in [0.2, 0.25) is 0 Å². The van der Waals surface area contributed by atoms with Crippen molar-refractivity contribution in [1.29, 1.82) is 0 Å². The minimum Gasteiger partial charge on any atom is -0.491 e. The number of ether oxygens (including phenoxy) is 2. The van der Waals surface area contributed by atoms with Gasteiger partial charge in [0.2, 0.25) is 0 Å². The minimum absolute atomic E-state index is 0.581. The Labute approximate surface area is 123 Å². The zero-order valence-corrected chi connectivity index (χ0v) is 12.9. The average molecular weight is 277 g/mol. The number of hydrogen-bond donors (Lipinski definition) is 1. The summed E-state index contributed by atoms with van der Waals surface area (Å²) in [7, 11) is 1.68. The van der Waals surface area contributed by atoms with Crippen LogP contribution in [0.3, 0.4) is 0 Å². The maximum absolute atomic E-state index is 5.70. The van der Waals surface area contributed by atoms with Crippen molar-refractivity contribution in [2.75, 3.05) is 33.4 Å². The van der Waals surface area contributed by atoms with Crippen molar-refractivity contribution in [2.24, 2.45) is 5.92 Å². The van der Waals surface area contributed by atoms with E-state index in [0.29, 0.717) is 19.1 Å². The molecule has 3 nitrogen and oxygen atoms in total. The monoisotopic (exact) mass is 277 g/mol. The summed E-state index contributed by atoms with van der Waals surface area (Å²) in [5.74, 6) is 1.62. The fourth-order valence-electron chi connectivity index (χ4n) is 1.77. The fraction of sp³-hybridized carbons (Fsp3) is 0.529. The molecular weight excluding hydrogens is 250 g/mol. The predicted molar refractivity (Wildman–Crippen MR) is 85.2 cm³/mol. The van der Waals surface area contributed by atoms with Crippen LogP contribution in [0.15, 0.2) is 30.3 Å². The summed E-state index contributed by atoms with van der Waals surface area (Å²) >= 11 is 0. The molecule has 20 heavy (non-hydrogen) atoms. The van der Waals surface area contributed by atoms with Gasteiger partial charge in [0, 0.05) is 12.7 Å². The molecule has 0 aliphatic heterocycles. The molecule has 0 aliphatic rings. The second kappa shape index (κ2) is 10.5. The van der Waals surface area contributed by atoms with Crippen LogP contribution in [0.4, 0.5) is 0 Å². The lowest BCUT2D eigenvalue weighted by atomic mass is 10.1. The van der Waals surface area contributed by atoms with Gasteiger partial charge in [-0.2, -0.15) is 0 Å². The SMILES string of the molecule is COCCOc1ccccc1/C=C/CCNCC(C)C. The van der Waals surface area contributed by atoms with E-state index in [1.165, 1.54) is 0 Å². The molecule has 0 bridgehead atoms. The van der Waals surface area contributed by atoms with Crippen molar-refractivity contribution in [3.8, 4) is 5.75 Å². The highest BCUT2D eigenvalue weighted by molar-refractivity contribution is 5.57. The molecule has 0 aliphatic carbocycles. The molecule has 3 heteroatoms. The van der Waals surface area contributed by atoms with E-state index >= 15 is 0 Å². The van der Waals surface area contributed by atoms with Crippen molar-refractivity contribution in [2.45, 2.75) is 20.3 Å². The van der Waals surface area contributed by atoms with Gasteiger partial charge < -0.3 is 14.8 Å². The Hall–Kier alpha value is -1.32. The first-order valence-electron chi connectivity index (χ1n) is 7.32. The maximum Gasteiger partial charge on any atom is 0.126 e. The molecule has 1 aromatic carbocycles. The number of hydrogen-bond acceptors (Lipinski definition) is 3. The van der Waals surface area contributed by atoms with Gasteiger partial charge in [-0.15, -0.1) is 0 Å². The first kappa shape index (κ1) is 16.7. The van der Waals surface area contributed by atoms with Crippen LogP contribution in [-0.4, -0.2) is 33.4 Å². The number of nitrogens with one attached hydrogen (secondary N) is 1. The highest BCUT2D eigenvalue weighted by Crippen LogP contribution is 2.19. The van der Waals surface area contributed by atoms with E-state index in [4.69, 9.17) is 9.47 Å². The van der Waals surface area contributed by atoms with E-state index in [-0.39, 0.29) is 0 Å². The largest absolute Gasteiger partial charge is 0.491 e. The Balaban J connectivity index is 2.37. The number of para-hydroxylation sites is 1. The molecule has 0 heterocycles. The van der Waals surface area contributed by atoms with Gasteiger partial charge in [0.05, 0.1) is 6.61 Å². The van der Waals surface area contributed by atoms with Crippen LogP contribution >= 0.6 is 0 Å². The quantitative estimate of drug-likeness (QED) is 0.665. The van der Waals surface area contributed by atoms with Crippen molar-refractivity contribution in [3.63, 3.8) is 0 Å². The third-order valence-corrected chi connectivity index (χ3v) is 2.80. The molecule has 1 aromatic rings. The fourth-order valence-corrected chi connectivity index (χ4v) is 1.77. The second-order valence-electron chi connectivity index (χ2n) is 5.17. The standard InChI is InChI=1S/C17H27NO2/c1-15(2)14-18-11-7-6-9-16-8-4-5-10-17(16)20-13-12-19-3/h4-6,8-10,15,18H,7,11-14H2,1-3H3/b9-6+. The van der Waals surface area contributed by atoms with Crippen molar-refractivity contribution >= 4 is 6.08 Å². The summed E-state index contributed by atoms with van der Waals surface area (Å²) in [5.41, 5.74) is 1.12. The summed E-state index contributed by atoms with van der Waals surface area (Å²) in [4.78, 5) is 0. The van der Waals surface area contributed by atoms with E-state index in [0.717, 1.165) is 30.8 Å². The topological polar surface area (TPSA) is 30.5 Å². The summed E-state index contributed by atoms with van der Waals surface area (Å²) in [5, 5.41) is 3.43. The second-order valence-corrected chi connectivity index (χ2v) is 5.17. The number of benzene rings is 1. The predicted octanol–water partition coefficient (Wildman–Crippen LogP) is 3.36. The third kappa shape index (κ3) is 7.31. The lowest BCUT2D eigenvalue weighted by Gasteiger charge is -2.08. The highest BCUT2D eigenvalue weighted by Gasteiger charge is 1.99.